The standard InChI is InChI=1S/C14H17N3O2/c18-13-16-11-4-1-9(5-12(11)17-13)14(7-19-8-14)6-15-10-2-3-10/h1,4-5,10,15H,2-3,6-8H2,(H2,16,17,18). The Morgan fingerprint density at radius 3 is 2.74 bits per heavy atom. The second-order valence-corrected chi connectivity index (χ2v) is 5.77. The van der Waals surface area contributed by atoms with Crippen LogP contribution in [0.1, 0.15) is 18.4 Å². The second-order valence-electron chi connectivity index (χ2n) is 5.77. The van der Waals surface area contributed by atoms with Crippen molar-refractivity contribution in [3.63, 3.8) is 0 Å². The summed E-state index contributed by atoms with van der Waals surface area (Å²) in [5.74, 6) is 0. The smallest absolute Gasteiger partial charge is 0.323 e. The molecular formula is C14H17N3O2. The van der Waals surface area contributed by atoms with Crippen LogP contribution < -0.4 is 11.0 Å². The molecule has 100 valence electrons. The fourth-order valence-electron chi connectivity index (χ4n) is 2.71. The lowest BCUT2D eigenvalue weighted by Crippen LogP contribution is -2.53. The summed E-state index contributed by atoms with van der Waals surface area (Å²) in [6, 6.07) is 6.85. The third-order valence-corrected chi connectivity index (χ3v) is 4.19. The molecule has 1 saturated carbocycles. The van der Waals surface area contributed by atoms with E-state index in [-0.39, 0.29) is 11.1 Å². The highest BCUT2D eigenvalue weighted by molar-refractivity contribution is 5.75. The molecule has 1 aliphatic carbocycles. The number of rotatable bonds is 4. The molecule has 0 radical (unpaired) electrons. The molecule has 19 heavy (non-hydrogen) atoms. The molecule has 2 aliphatic rings. The molecule has 0 atom stereocenters. The first-order valence-corrected chi connectivity index (χ1v) is 6.79. The molecule has 2 heterocycles. The molecule has 0 bridgehead atoms. The minimum atomic E-state index is -0.151. The number of benzene rings is 1. The molecule has 2 fully saturated rings. The van der Waals surface area contributed by atoms with E-state index >= 15 is 0 Å². The summed E-state index contributed by atoms with van der Waals surface area (Å²) in [5, 5.41) is 3.59. The molecule has 5 nitrogen and oxygen atoms in total. The van der Waals surface area contributed by atoms with Crippen LogP contribution in [0.2, 0.25) is 0 Å². The number of aromatic nitrogens is 2. The quantitative estimate of drug-likeness (QED) is 0.763. The number of ether oxygens (including phenoxy) is 1. The molecule has 5 heteroatoms. The van der Waals surface area contributed by atoms with E-state index in [1.165, 1.54) is 18.4 Å². The van der Waals surface area contributed by atoms with Gasteiger partial charge in [0.05, 0.1) is 29.7 Å². The Morgan fingerprint density at radius 2 is 2.05 bits per heavy atom. The average molecular weight is 259 g/mol. The Balaban J connectivity index is 1.67. The number of H-pyrrole nitrogens is 2. The topological polar surface area (TPSA) is 69.9 Å². The van der Waals surface area contributed by atoms with E-state index in [0.717, 1.165) is 30.8 Å². The van der Waals surface area contributed by atoms with Gasteiger partial charge in [-0.05, 0) is 30.5 Å². The summed E-state index contributed by atoms with van der Waals surface area (Å²) < 4.78 is 5.44. The highest BCUT2D eigenvalue weighted by Crippen LogP contribution is 2.34. The van der Waals surface area contributed by atoms with E-state index in [1.54, 1.807) is 0 Å². The minimum Gasteiger partial charge on any atom is -0.379 e. The number of imidazole rings is 1. The van der Waals surface area contributed by atoms with Gasteiger partial charge < -0.3 is 20.0 Å². The van der Waals surface area contributed by atoms with E-state index < -0.39 is 0 Å². The van der Waals surface area contributed by atoms with Gasteiger partial charge in [-0.15, -0.1) is 0 Å². The molecule has 0 unspecified atom stereocenters. The summed E-state index contributed by atoms with van der Waals surface area (Å²) in [4.78, 5) is 16.9. The predicted molar refractivity (Wildman–Crippen MR) is 72.4 cm³/mol. The van der Waals surface area contributed by atoms with Crippen molar-refractivity contribution in [3.8, 4) is 0 Å². The van der Waals surface area contributed by atoms with Gasteiger partial charge >= 0.3 is 5.69 Å². The maximum atomic E-state index is 11.3. The van der Waals surface area contributed by atoms with Gasteiger partial charge in [-0.3, -0.25) is 0 Å². The molecule has 0 amide bonds. The van der Waals surface area contributed by atoms with Crippen LogP contribution in [0.15, 0.2) is 23.0 Å². The fraction of sp³-hybridized carbons (Fsp3) is 0.500. The predicted octanol–water partition coefficient (Wildman–Crippen LogP) is 0.876. The van der Waals surface area contributed by atoms with Crippen LogP contribution in [0.4, 0.5) is 0 Å². The van der Waals surface area contributed by atoms with Crippen LogP contribution in [0, 0.1) is 0 Å². The van der Waals surface area contributed by atoms with Crippen molar-refractivity contribution in [2.75, 3.05) is 19.8 Å². The Kier molecular flexibility index (Phi) is 2.34. The van der Waals surface area contributed by atoms with Gasteiger partial charge in [-0.25, -0.2) is 4.79 Å². The van der Waals surface area contributed by atoms with E-state index in [0.29, 0.717) is 6.04 Å². The maximum absolute atomic E-state index is 11.3. The van der Waals surface area contributed by atoms with Gasteiger partial charge in [-0.2, -0.15) is 0 Å². The van der Waals surface area contributed by atoms with Crippen molar-refractivity contribution in [2.24, 2.45) is 0 Å². The second kappa shape index (κ2) is 3.95. The van der Waals surface area contributed by atoms with Crippen molar-refractivity contribution in [3.05, 3.63) is 34.2 Å². The van der Waals surface area contributed by atoms with Crippen LogP contribution in [-0.2, 0) is 10.2 Å². The van der Waals surface area contributed by atoms with Gasteiger partial charge in [0.15, 0.2) is 0 Å². The highest BCUT2D eigenvalue weighted by Gasteiger charge is 2.41. The van der Waals surface area contributed by atoms with Crippen molar-refractivity contribution >= 4 is 11.0 Å². The zero-order valence-electron chi connectivity index (χ0n) is 10.7. The summed E-state index contributed by atoms with van der Waals surface area (Å²) >= 11 is 0. The maximum Gasteiger partial charge on any atom is 0.323 e. The first-order chi connectivity index (χ1) is 9.25. The van der Waals surface area contributed by atoms with Crippen molar-refractivity contribution in [1.82, 2.24) is 15.3 Å². The third kappa shape index (κ3) is 1.89. The molecule has 3 N–H and O–H groups in total. The minimum absolute atomic E-state index is 0.0743. The molecule has 1 saturated heterocycles. The van der Waals surface area contributed by atoms with Gasteiger partial charge in [0, 0.05) is 12.6 Å². The lowest BCUT2D eigenvalue weighted by atomic mass is 9.78. The monoisotopic (exact) mass is 259 g/mol. The van der Waals surface area contributed by atoms with Crippen LogP contribution in [-0.4, -0.2) is 35.8 Å². The van der Waals surface area contributed by atoms with E-state index in [2.05, 4.69) is 27.4 Å². The molecule has 1 aromatic heterocycles. The van der Waals surface area contributed by atoms with E-state index in [1.807, 2.05) is 6.07 Å². The molecule has 0 spiro atoms. The Bertz CT molecular complexity index is 665. The van der Waals surface area contributed by atoms with Crippen LogP contribution in [0.25, 0.3) is 11.0 Å². The Morgan fingerprint density at radius 1 is 1.26 bits per heavy atom. The first-order valence-electron chi connectivity index (χ1n) is 6.79. The van der Waals surface area contributed by atoms with Crippen molar-refractivity contribution in [1.29, 1.82) is 0 Å². The number of hydrogen-bond acceptors (Lipinski definition) is 3. The number of hydrogen-bond donors (Lipinski definition) is 3. The van der Waals surface area contributed by atoms with Crippen molar-refractivity contribution < 1.29 is 4.74 Å². The van der Waals surface area contributed by atoms with Crippen LogP contribution in [0.5, 0.6) is 0 Å². The lowest BCUT2D eigenvalue weighted by molar-refractivity contribution is -0.0591. The van der Waals surface area contributed by atoms with Crippen LogP contribution in [0.3, 0.4) is 0 Å². The zero-order valence-corrected chi connectivity index (χ0v) is 10.7. The lowest BCUT2D eigenvalue weighted by Gasteiger charge is -2.42. The van der Waals surface area contributed by atoms with E-state index in [9.17, 15) is 4.79 Å². The van der Waals surface area contributed by atoms with E-state index in [4.69, 9.17) is 4.74 Å². The fourth-order valence-corrected chi connectivity index (χ4v) is 2.71. The van der Waals surface area contributed by atoms with Crippen molar-refractivity contribution in [2.45, 2.75) is 24.3 Å². The summed E-state index contributed by atoms with van der Waals surface area (Å²) in [7, 11) is 0. The zero-order chi connectivity index (χ0) is 12.9. The van der Waals surface area contributed by atoms with Gasteiger partial charge in [0.1, 0.15) is 0 Å². The molecule has 2 aromatic rings. The number of nitrogens with one attached hydrogen (secondary N) is 3. The third-order valence-electron chi connectivity index (χ3n) is 4.19. The molecule has 1 aromatic carbocycles. The first kappa shape index (κ1) is 11.3. The Hall–Kier alpha value is -1.59. The van der Waals surface area contributed by atoms with Gasteiger partial charge in [0.2, 0.25) is 0 Å². The van der Waals surface area contributed by atoms with Crippen LogP contribution >= 0.6 is 0 Å². The summed E-state index contributed by atoms with van der Waals surface area (Å²) in [6.07, 6.45) is 2.59. The largest absolute Gasteiger partial charge is 0.379 e. The normalized spacial score (nSPS) is 21.5. The van der Waals surface area contributed by atoms with Gasteiger partial charge in [-0.1, -0.05) is 6.07 Å². The summed E-state index contributed by atoms with van der Waals surface area (Å²) in [6.45, 7) is 2.47. The highest BCUT2D eigenvalue weighted by atomic mass is 16.5. The summed E-state index contributed by atoms with van der Waals surface area (Å²) in [5.41, 5.74) is 2.90. The molecular weight excluding hydrogens is 242 g/mol. The van der Waals surface area contributed by atoms with Gasteiger partial charge in [0.25, 0.3) is 0 Å². The Labute approximate surface area is 110 Å². The SMILES string of the molecule is O=c1[nH]c2ccc(C3(CNC4CC4)COC3)cc2[nH]1. The molecule has 1 aliphatic heterocycles. The number of fused-ring (bicyclic) bond motifs is 1. The average Bonchev–Trinajstić information content (AvgIpc) is 3.08. The molecule has 4 rings (SSSR count). The number of aromatic amines is 2.